The lowest BCUT2D eigenvalue weighted by molar-refractivity contribution is 0.881. The van der Waals surface area contributed by atoms with Crippen molar-refractivity contribution in [2.24, 2.45) is 0 Å². The van der Waals surface area contributed by atoms with Crippen molar-refractivity contribution in [3.8, 4) is 17.1 Å². The van der Waals surface area contributed by atoms with Crippen LogP contribution in [-0.2, 0) is 0 Å². The van der Waals surface area contributed by atoms with E-state index in [9.17, 15) is 0 Å². The molecule has 1 aromatic heterocycles. The van der Waals surface area contributed by atoms with Gasteiger partial charge in [0.1, 0.15) is 6.33 Å². The zero-order valence-electron chi connectivity index (χ0n) is 12.5. The Labute approximate surface area is 124 Å². The van der Waals surface area contributed by atoms with Crippen LogP contribution in [0.2, 0.25) is 0 Å². The van der Waals surface area contributed by atoms with Gasteiger partial charge in [0.2, 0.25) is 0 Å². The fourth-order valence-corrected chi connectivity index (χ4v) is 2.13. The molecule has 21 heavy (non-hydrogen) atoms. The van der Waals surface area contributed by atoms with Crippen LogP contribution in [0.4, 0.5) is 5.69 Å². The third-order valence-electron chi connectivity index (χ3n) is 3.43. The third kappa shape index (κ3) is 2.79. The standard InChI is InChI=1S/C17H18N4/c1-13-4-8-16(9-5-13)21-12-18-17(19-21)14-6-10-15(11-7-14)20(2)3/h4-12H,1-3H3. The summed E-state index contributed by atoms with van der Waals surface area (Å²) in [5, 5.41) is 4.55. The molecule has 106 valence electrons. The van der Waals surface area contributed by atoms with Crippen LogP contribution in [0.1, 0.15) is 5.56 Å². The molecule has 0 N–H and O–H groups in total. The minimum atomic E-state index is 0.737. The number of rotatable bonds is 3. The van der Waals surface area contributed by atoms with Gasteiger partial charge in [0.15, 0.2) is 5.82 Å². The van der Waals surface area contributed by atoms with E-state index in [1.165, 1.54) is 5.56 Å². The second-order valence-electron chi connectivity index (χ2n) is 5.29. The Hall–Kier alpha value is -2.62. The molecule has 0 amide bonds. The highest BCUT2D eigenvalue weighted by molar-refractivity contribution is 5.60. The monoisotopic (exact) mass is 278 g/mol. The average molecular weight is 278 g/mol. The first kappa shape index (κ1) is 13.4. The number of hydrogen-bond acceptors (Lipinski definition) is 3. The maximum atomic E-state index is 4.55. The van der Waals surface area contributed by atoms with E-state index in [1.807, 2.05) is 38.4 Å². The van der Waals surface area contributed by atoms with Crippen LogP contribution in [0, 0.1) is 6.92 Å². The van der Waals surface area contributed by atoms with Crippen LogP contribution < -0.4 is 4.90 Å². The summed E-state index contributed by atoms with van der Waals surface area (Å²) in [7, 11) is 4.05. The molecule has 4 heteroatoms. The van der Waals surface area contributed by atoms with Gasteiger partial charge in [-0.05, 0) is 43.3 Å². The molecule has 0 aliphatic rings. The second-order valence-corrected chi connectivity index (χ2v) is 5.29. The molecule has 0 saturated heterocycles. The van der Waals surface area contributed by atoms with Crippen molar-refractivity contribution in [2.75, 3.05) is 19.0 Å². The summed E-state index contributed by atoms with van der Waals surface area (Å²) in [6.07, 6.45) is 1.75. The van der Waals surface area contributed by atoms with Crippen molar-refractivity contribution in [2.45, 2.75) is 6.92 Å². The first-order valence-electron chi connectivity index (χ1n) is 6.90. The van der Waals surface area contributed by atoms with Gasteiger partial charge in [-0.1, -0.05) is 17.7 Å². The molecule has 0 saturated carbocycles. The van der Waals surface area contributed by atoms with Crippen molar-refractivity contribution < 1.29 is 0 Å². The van der Waals surface area contributed by atoms with Gasteiger partial charge in [0.05, 0.1) is 5.69 Å². The lowest BCUT2D eigenvalue weighted by Gasteiger charge is -2.11. The van der Waals surface area contributed by atoms with Gasteiger partial charge < -0.3 is 4.90 Å². The lowest BCUT2D eigenvalue weighted by Crippen LogP contribution is -2.07. The van der Waals surface area contributed by atoms with E-state index in [4.69, 9.17) is 0 Å². The Morgan fingerprint density at radius 3 is 2.19 bits per heavy atom. The molecular formula is C17H18N4. The summed E-state index contributed by atoms with van der Waals surface area (Å²) in [6.45, 7) is 2.07. The molecule has 0 spiro atoms. The van der Waals surface area contributed by atoms with Crippen molar-refractivity contribution in [1.29, 1.82) is 0 Å². The van der Waals surface area contributed by atoms with Crippen LogP contribution in [0.3, 0.4) is 0 Å². The van der Waals surface area contributed by atoms with Gasteiger partial charge >= 0.3 is 0 Å². The first-order chi connectivity index (χ1) is 10.1. The van der Waals surface area contributed by atoms with E-state index in [-0.39, 0.29) is 0 Å². The molecule has 0 aliphatic carbocycles. The van der Waals surface area contributed by atoms with Crippen molar-refractivity contribution >= 4 is 5.69 Å². The Kier molecular flexibility index (Phi) is 3.44. The van der Waals surface area contributed by atoms with Crippen molar-refractivity contribution in [3.05, 3.63) is 60.4 Å². The topological polar surface area (TPSA) is 34.0 Å². The molecule has 2 aromatic carbocycles. The number of hydrogen-bond donors (Lipinski definition) is 0. The van der Waals surface area contributed by atoms with Crippen LogP contribution in [0.5, 0.6) is 0 Å². The summed E-state index contributed by atoms with van der Waals surface area (Å²) in [6, 6.07) is 16.5. The van der Waals surface area contributed by atoms with Gasteiger partial charge in [-0.15, -0.1) is 5.10 Å². The van der Waals surface area contributed by atoms with Crippen LogP contribution >= 0.6 is 0 Å². The minimum Gasteiger partial charge on any atom is -0.378 e. The van der Waals surface area contributed by atoms with E-state index in [2.05, 4.69) is 46.2 Å². The summed E-state index contributed by atoms with van der Waals surface area (Å²) in [5.41, 5.74) is 4.44. The van der Waals surface area contributed by atoms with Gasteiger partial charge in [0, 0.05) is 25.3 Å². The second kappa shape index (κ2) is 5.40. The highest BCUT2D eigenvalue weighted by atomic mass is 15.3. The van der Waals surface area contributed by atoms with Gasteiger partial charge in [-0.3, -0.25) is 0 Å². The van der Waals surface area contributed by atoms with Gasteiger partial charge in [0.25, 0.3) is 0 Å². The highest BCUT2D eigenvalue weighted by Gasteiger charge is 2.06. The van der Waals surface area contributed by atoms with Gasteiger partial charge in [-0.25, -0.2) is 9.67 Å². The normalized spacial score (nSPS) is 10.6. The predicted octanol–water partition coefficient (Wildman–Crippen LogP) is 3.31. The molecule has 3 rings (SSSR count). The Morgan fingerprint density at radius 1 is 0.905 bits per heavy atom. The molecule has 0 atom stereocenters. The molecule has 0 aliphatic heterocycles. The maximum Gasteiger partial charge on any atom is 0.181 e. The molecular weight excluding hydrogens is 260 g/mol. The molecule has 0 unspecified atom stereocenters. The summed E-state index contributed by atoms with van der Waals surface area (Å²) in [5.74, 6) is 0.737. The molecule has 1 heterocycles. The van der Waals surface area contributed by atoms with E-state index in [1.54, 1.807) is 11.0 Å². The van der Waals surface area contributed by atoms with Crippen LogP contribution in [-0.4, -0.2) is 28.9 Å². The zero-order valence-corrected chi connectivity index (χ0v) is 12.5. The van der Waals surface area contributed by atoms with Gasteiger partial charge in [-0.2, -0.15) is 0 Å². The first-order valence-corrected chi connectivity index (χ1v) is 6.90. The molecule has 3 aromatic rings. The maximum absolute atomic E-state index is 4.55. The fourth-order valence-electron chi connectivity index (χ4n) is 2.13. The van der Waals surface area contributed by atoms with Crippen LogP contribution in [0.25, 0.3) is 17.1 Å². The predicted molar refractivity (Wildman–Crippen MR) is 85.9 cm³/mol. The number of aryl methyl sites for hydroxylation is 1. The van der Waals surface area contributed by atoms with Crippen LogP contribution in [0.15, 0.2) is 54.9 Å². The molecule has 0 bridgehead atoms. The fraction of sp³-hybridized carbons (Fsp3) is 0.176. The Balaban J connectivity index is 1.89. The molecule has 4 nitrogen and oxygen atoms in total. The van der Waals surface area contributed by atoms with E-state index in [0.717, 1.165) is 22.8 Å². The Morgan fingerprint density at radius 2 is 1.57 bits per heavy atom. The summed E-state index contributed by atoms with van der Waals surface area (Å²) < 4.78 is 1.80. The molecule has 0 radical (unpaired) electrons. The summed E-state index contributed by atoms with van der Waals surface area (Å²) in [4.78, 5) is 6.47. The highest BCUT2D eigenvalue weighted by Crippen LogP contribution is 2.20. The van der Waals surface area contributed by atoms with E-state index >= 15 is 0 Å². The third-order valence-corrected chi connectivity index (χ3v) is 3.43. The van der Waals surface area contributed by atoms with Crippen molar-refractivity contribution in [3.63, 3.8) is 0 Å². The lowest BCUT2D eigenvalue weighted by atomic mass is 10.2. The number of anilines is 1. The largest absolute Gasteiger partial charge is 0.378 e. The smallest absolute Gasteiger partial charge is 0.181 e. The zero-order chi connectivity index (χ0) is 14.8. The SMILES string of the molecule is Cc1ccc(-n2cnc(-c3ccc(N(C)C)cc3)n2)cc1. The quantitative estimate of drug-likeness (QED) is 0.737. The Bertz CT molecular complexity index is 724. The van der Waals surface area contributed by atoms with Crippen molar-refractivity contribution in [1.82, 2.24) is 14.8 Å². The average Bonchev–Trinajstić information content (AvgIpc) is 2.98. The molecule has 0 fully saturated rings. The number of benzene rings is 2. The van der Waals surface area contributed by atoms with E-state index < -0.39 is 0 Å². The number of nitrogens with zero attached hydrogens (tertiary/aromatic N) is 4. The van der Waals surface area contributed by atoms with E-state index in [0.29, 0.717) is 0 Å². The summed E-state index contributed by atoms with van der Waals surface area (Å²) >= 11 is 0. The minimum absolute atomic E-state index is 0.737. The number of aromatic nitrogens is 3.